The fourth-order valence-corrected chi connectivity index (χ4v) is 3.03. The summed E-state index contributed by atoms with van der Waals surface area (Å²) in [7, 11) is 4.09. The molecule has 5 atom stereocenters. The van der Waals surface area contributed by atoms with E-state index in [-0.39, 0.29) is 0 Å². The second-order valence-corrected chi connectivity index (χ2v) is 6.87. The van der Waals surface area contributed by atoms with Crippen LogP contribution in [0.1, 0.15) is 12.5 Å². The number of aliphatic hydroxyl groups excluding tert-OH is 3. The predicted octanol–water partition coefficient (Wildman–Crippen LogP) is 0.478. The summed E-state index contributed by atoms with van der Waals surface area (Å²) in [5.41, 5.74) is 2.17. The second-order valence-electron chi connectivity index (χ2n) is 6.87. The van der Waals surface area contributed by atoms with Crippen LogP contribution >= 0.6 is 0 Å². The van der Waals surface area contributed by atoms with Crippen molar-refractivity contribution in [2.24, 2.45) is 0 Å². The van der Waals surface area contributed by atoms with Crippen molar-refractivity contribution < 1.29 is 24.8 Å². The maximum atomic E-state index is 10.1. The van der Waals surface area contributed by atoms with E-state index >= 15 is 0 Å². The minimum atomic E-state index is -1.32. The van der Waals surface area contributed by atoms with Crippen molar-refractivity contribution in [3.8, 4) is 5.75 Å². The van der Waals surface area contributed by atoms with E-state index in [1.807, 2.05) is 38.5 Å². The number of hydrogen-bond acceptors (Lipinski definition) is 6. The zero-order chi connectivity index (χ0) is 18.1. The first-order valence-corrected chi connectivity index (χ1v) is 8.48. The SMILES string of the molecule is CC1OC(Oc2ccc3c(CCN(C)C)c[nH]c3c2)C(O)C(O)C1O. The molecule has 138 valence electrons. The molecule has 1 aliphatic heterocycles. The number of ether oxygens (including phenoxy) is 2. The Kier molecular flexibility index (Phi) is 5.31. The molecule has 1 aromatic carbocycles. The van der Waals surface area contributed by atoms with Crippen molar-refractivity contribution in [3.05, 3.63) is 30.0 Å². The lowest BCUT2D eigenvalue weighted by Crippen LogP contribution is -2.58. The van der Waals surface area contributed by atoms with Crippen molar-refractivity contribution in [2.75, 3.05) is 20.6 Å². The topological polar surface area (TPSA) is 98.2 Å². The van der Waals surface area contributed by atoms with Gasteiger partial charge in [0.25, 0.3) is 0 Å². The zero-order valence-corrected chi connectivity index (χ0v) is 14.7. The maximum absolute atomic E-state index is 10.1. The summed E-state index contributed by atoms with van der Waals surface area (Å²) >= 11 is 0. The van der Waals surface area contributed by atoms with Crippen LogP contribution in [-0.2, 0) is 11.2 Å². The van der Waals surface area contributed by atoms with Crippen molar-refractivity contribution in [1.82, 2.24) is 9.88 Å². The Bertz CT molecular complexity index is 717. The Morgan fingerprint density at radius 3 is 2.64 bits per heavy atom. The van der Waals surface area contributed by atoms with Crippen LogP contribution in [-0.4, -0.2) is 76.5 Å². The van der Waals surface area contributed by atoms with E-state index in [1.165, 1.54) is 5.56 Å². The minimum absolute atomic E-state index is 0.522. The molecule has 25 heavy (non-hydrogen) atoms. The third kappa shape index (κ3) is 3.80. The molecule has 0 bridgehead atoms. The third-order valence-electron chi connectivity index (χ3n) is 4.63. The van der Waals surface area contributed by atoms with Gasteiger partial charge in [-0.3, -0.25) is 0 Å². The number of aliphatic hydroxyl groups is 3. The van der Waals surface area contributed by atoms with Crippen molar-refractivity contribution in [2.45, 2.75) is 44.1 Å². The van der Waals surface area contributed by atoms with Gasteiger partial charge in [-0.1, -0.05) is 0 Å². The van der Waals surface area contributed by atoms with E-state index in [2.05, 4.69) is 9.88 Å². The molecule has 1 aliphatic rings. The van der Waals surface area contributed by atoms with Gasteiger partial charge >= 0.3 is 0 Å². The van der Waals surface area contributed by atoms with Gasteiger partial charge in [0.1, 0.15) is 24.1 Å². The second kappa shape index (κ2) is 7.31. The number of aromatic nitrogens is 1. The van der Waals surface area contributed by atoms with Crippen LogP contribution in [0.5, 0.6) is 5.75 Å². The summed E-state index contributed by atoms with van der Waals surface area (Å²) in [5.74, 6) is 0.522. The van der Waals surface area contributed by atoms with Crippen LogP contribution in [0.2, 0.25) is 0 Å². The Morgan fingerprint density at radius 2 is 1.92 bits per heavy atom. The zero-order valence-electron chi connectivity index (χ0n) is 14.7. The van der Waals surface area contributed by atoms with Gasteiger partial charge in [0.05, 0.1) is 6.10 Å². The molecule has 5 unspecified atom stereocenters. The number of H-pyrrole nitrogens is 1. The first-order valence-electron chi connectivity index (χ1n) is 8.48. The molecule has 0 aliphatic carbocycles. The summed E-state index contributed by atoms with van der Waals surface area (Å²) in [4.78, 5) is 5.37. The molecular formula is C18H26N2O5. The van der Waals surface area contributed by atoms with E-state index in [1.54, 1.807) is 6.92 Å². The molecule has 7 nitrogen and oxygen atoms in total. The molecule has 1 saturated heterocycles. The van der Waals surface area contributed by atoms with E-state index < -0.39 is 30.7 Å². The van der Waals surface area contributed by atoms with Crippen LogP contribution in [0.25, 0.3) is 10.9 Å². The molecule has 1 fully saturated rings. The molecule has 2 heterocycles. The van der Waals surface area contributed by atoms with E-state index in [0.29, 0.717) is 5.75 Å². The van der Waals surface area contributed by atoms with Gasteiger partial charge < -0.3 is 34.7 Å². The van der Waals surface area contributed by atoms with Crippen LogP contribution < -0.4 is 4.74 Å². The highest BCUT2D eigenvalue weighted by atomic mass is 16.7. The molecule has 2 aromatic rings. The highest BCUT2D eigenvalue weighted by Crippen LogP contribution is 2.27. The van der Waals surface area contributed by atoms with Gasteiger partial charge in [-0.25, -0.2) is 0 Å². The first kappa shape index (κ1) is 18.2. The molecule has 7 heteroatoms. The van der Waals surface area contributed by atoms with E-state index in [4.69, 9.17) is 9.47 Å². The fraction of sp³-hybridized carbons (Fsp3) is 0.556. The number of nitrogens with one attached hydrogen (secondary N) is 1. The predicted molar refractivity (Wildman–Crippen MR) is 93.5 cm³/mol. The molecular weight excluding hydrogens is 324 g/mol. The van der Waals surface area contributed by atoms with Crippen LogP contribution in [0.15, 0.2) is 24.4 Å². The Morgan fingerprint density at radius 1 is 1.16 bits per heavy atom. The maximum Gasteiger partial charge on any atom is 0.229 e. The highest BCUT2D eigenvalue weighted by molar-refractivity contribution is 5.84. The van der Waals surface area contributed by atoms with Gasteiger partial charge in [-0.15, -0.1) is 0 Å². The van der Waals surface area contributed by atoms with Crippen molar-refractivity contribution in [3.63, 3.8) is 0 Å². The molecule has 4 N–H and O–H groups in total. The summed E-state index contributed by atoms with van der Waals surface area (Å²) in [6.07, 6.45) is -2.49. The number of hydrogen-bond donors (Lipinski definition) is 4. The average molecular weight is 350 g/mol. The van der Waals surface area contributed by atoms with Crippen molar-refractivity contribution >= 4 is 10.9 Å². The van der Waals surface area contributed by atoms with Gasteiger partial charge in [0.2, 0.25) is 6.29 Å². The quantitative estimate of drug-likeness (QED) is 0.626. The molecule has 3 rings (SSSR count). The molecule has 1 aromatic heterocycles. The van der Waals surface area contributed by atoms with E-state index in [9.17, 15) is 15.3 Å². The van der Waals surface area contributed by atoms with Crippen LogP contribution in [0.3, 0.4) is 0 Å². The normalized spacial score (nSPS) is 30.1. The highest BCUT2D eigenvalue weighted by Gasteiger charge is 2.43. The third-order valence-corrected chi connectivity index (χ3v) is 4.63. The Hall–Kier alpha value is -1.64. The van der Waals surface area contributed by atoms with Gasteiger partial charge in [0, 0.05) is 29.7 Å². The van der Waals surface area contributed by atoms with Gasteiger partial charge in [0.15, 0.2) is 0 Å². The summed E-state index contributed by atoms with van der Waals surface area (Å²) in [6.45, 7) is 2.59. The molecule has 0 amide bonds. The number of likely N-dealkylation sites (N-methyl/N-ethyl adjacent to an activating group) is 1. The van der Waals surface area contributed by atoms with E-state index in [0.717, 1.165) is 23.9 Å². The molecule has 0 spiro atoms. The summed E-state index contributed by atoms with van der Waals surface area (Å²) in [6, 6.07) is 5.62. The summed E-state index contributed by atoms with van der Waals surface area (Å²) < 4.78 is 11.2. The number of benzene rings is 1. The lowest BCUT2D eigenvalue weighted by Gasteiger charge is -2.38. The molecule has 0 saturated carbocycles. The fourth-order valence-electron chi connectivity index (χ4n) is 3.03. The van der Waals surface area contributed by atoms with Gasteiger partial charge in [-0.05, 0) is 45.1 Å². The van der Waals surface area contributed by atoms with Crippen molar-refractivity contribution in [1.29, 1.82) is 0 Å². The average Bonchev–Trinajstić information content (AvgIpc) is 2.98. The van der Waals surface area contributed by atoms with Crippen LogP contribution in [0, 0.1) is 0 Å². The lowest BCUT2D eigenvalue weighted by molar-refractivity contribution is -0.268. The van der Waals surface area contributed by atoms with Crippen LogP contribution in [0.4, 0.5) is 0 Å². The monoisotopic (exact) mass is 350 g/mol. The number of nitrogens with zero attached hydrogens (tertiary/aromatic N) is 1. The smallest absolute Gasteiger partial charge is 0.229 e. The number of aromatic amines is 1. The number of fused-ring (bicyclic) bond motifs is 1. The Labute approximate surface area is 146 Å². The first-order chi connectivity index (χ1) is 11.9. The Balaban J connectivity index is 1.74. The standard InChI is InChI=1S/C18H26N2O5/c1-10-15(21)16(22)17(23)18(24-10)25-12-4-5-13-11(6-7-20(2)3)9-19-14(13)8-12/h4-5,8-10,15-19,21-23H,6-7H2,1-3H3. The van der Waals surface area contributed by atoms with Gasteiger partial charge in [-0.2, -0.15) is 0 Å². The lowest BCUT2D eigenvalue weighted by atomic mass is 10.00. The summed E-state index contributed by atoms with van der Waals surface area (Å²) in [5, 5.41) is 30.8. The largest absolute Gasteiger partial charge is 0.462 e. The molecule has 0 radical (unpaired) electrons. The number of rotatable bonds is 5. The minimum Gasteiger partial charge on any atom is -0.462 e.